The van der Waals surface area contributed by atoms with E-state index in [0.29, 0.717) is 5.56 Å². The number of carboxylic acid groups (broad SMARTS) is 1. The van der Waals surface area contributed by atoms with Crippen molar-refractivity contribution < 1.29 is 46.8 Å². The van der Waals surface area contributed by atoms with Crippen LogP contribution in [0.25, 0.3) is 0 Å². The third-order valence-electron chi connectivity index (χ3n) is 4.44. The Morgan fingerprint density at radius 2 is 1.47 bits per heavy atom. The van der Waals surface area contributed by atoms with E-state index in [9.17, 15) is 27.9 Å². The number of carbonyl (C=O) groups excluding carboxylic acids is 1. The van der Waals surface area contributed by atoms with Gasteiger partial charge in [-0.2, -0.15) is 0 Å². The zero-order chi connectivity index (χ0) is 24.1. The minimum absolute atomic E-state index is 0.0621. The largest absolute Gasteiger partial charge is 0.573 e. The highest BCUT2D eigenvalue weighted by molar-refractivity contribution is 5.96. The predicted octanol–water partition coefficient (Wildman–Crippen LogP) is 4.66. The van der Waals surface area contributed by atoms with Gasteiger partial charge in [0.05, 0.1) is 14.2 Å². The monoisotopic (exact) mass is 456 g/mol. The molecule has 0 aromatic heterocycles. The highest BCUT2D eigenvalue weighted by Crippen LogP contribution is 2.41. The average molecular weight is 456 g/mol. The van der Waals surface area contributed by atoms with Crippen molar-refractivity contribution in [2.45, 2.75) is 38.7 Å². The van der Waals surface area contributed by atoms with Crippen molar-refractivity contribution in [1.29, 1.82) is 0 Å². The molecule has 0 atom stereocenters. The van der Waals surface area contributed by atoms with Crippen LogP contribution >= 0.6 is 0 Å². The number of aliphatic carboxylic acids is 1. The molecule has 10 heteroatoms. The second kappa shape index (κ2) is 9.80. The molecule has 0 fully saturated rings. The van der Waals surface area contributed by atoms with E-state index in [-0.39, 0.29) is 41.4 Å². The molecule has 0 aliphatic rings. The first kappa shape index (κ1) is 24.8. The van der Waals surface area contributed by atoms with Crippen LogP contribution in [0.2, 0.25) is 0 Å². The number of ketones is 1. The van der Waals surface area contributed by atoms with Crippen LogP contribution in [0.3, 0.4) is 0 Å². The minimum Gasteiger partial charge on any atom is -0.493 e. The summed E-state index contributed by atoms with van der Waals surface area (Å²) in [7, 11) is 2.77. The molecular formula is C22H23F3O7. The smallest absolute Gasteiger partial charge is 0.493 e. The van der Waals surface area contributed by atoms with Gasteiger partial charge in [0.25, 0.3) is 0 Å². The van der Waals surface area contributed by atoms with Gasteiger partial charge in [0, 0.05) is 12.0 Å². The maximum Gasteiger partial charge on any atom is 0.573 e. The molecule has 1 N–H and O–H groups in total. The van der Waals surface area contributed by atoms with Crippen molar-refractivity contribution in [1.82, 2.24) is 0 Å². The number of hydrogen-bond donors (Lipinski definition) is 1. The second-order valence-corrected chi connectivity index (χ2v) is 7.24. The molecule has 0 heterocycles. The van der Waals surface area contributed by atoms with E-state index in [2.05, 4.69) is 4.74 Å². The van der Waals surface area contributed by atoms with Crippen molar-refractivity contribution in [3.05, 3.63) is 47.5 Å². The molecule has 174 valence electrons. The van der Waals surface area contributed by atoms with Crippen molar-refractivity contribution in [2.75, 3.05) is 14.2 Å². The Morgan fingerprint density at radius 1 is 0.938 bits per heavy atom. The van der Waals surface area contributed by atoms with Crippen molar-refractivity contribution in [3.63, 3.8) is 0 Å². The van der Waals surface area contributed by atoms with Crippen LogP contribution in [0.15, 0.2) is 36.4 Å². The summed E-state index contributed by atoms with van der Waals surface area (Å²) in [5, 5.41) is 9.30. The van der Waals surface area contributed by atoms with Crippen molar-refractivity contribution in [3.8, 4) is 23.0 Å². The first-order valence-electron chi connectivity index (χ1n) is 9.42. The third-order valence-corrected chi connectivity index (χ3v) is 4.44. The number of carboxylic acids is 1. The van der Waals surface area contributed by atoms with Gasteiger partial charge in [-0.05, 0) is 62.2 Å². The van der Waals surface area contributed by atoms with Crippen LogP contribution in [0.4, 0.5) is 13.2 Å². The molecule has 2 aromatic rings. The van der Waals surface area contributed by atoms with Crippen LogP contribution in [-0.2, 0) is 11.2 Å². The maximum atomic E-state index is 12.4. The minimum atomic E-state index is -4.81. The van der Waals surface area contributed by atoms with Gasteiger partial charge in [-0.25, -0.2) is 4.79 Å². The quantitative estimate of drug-likeness (QED) is 0.520. The summed E-state index contributed by atoms with van der Waals surface area (Å²) in [4.78, 5) is 23.8. The first-order chi connectivity index (χ1) is 14.9. The number of carbonyl (C=O) groups is 2. The average Bonchev–Trinajstić information content (AvgIpc) is 2.71. The van der Waals surface area contributed by atoms with Gasteiger partial charge in [-0.15, -0.1) is 13.2 Å². The summed E-state index contributed by atoms with van der Waals surface area (Å²) >= 11 is 0. The number of halogens is 3. The maximum absolute atomic E-state index is 12.4. The molecule has 0 saturated heterocycles. The van der Waals surface area contributed by atoms with Crippen molar-refractivity contribution >= 4 is 11.8 Å². The van der Waals surface area contributed by atoms with Gasteiger partial charge in [0.15, 0.2) is 22.9 Å². The van der Waals surface area contributed by atoms with Gasteiger partial charge < -0.3 is 24.1 Å². The molecule has 0 bridgehead atoms. The second-order valence-electron chi connectivity index (χ2n) is 7.24. The van der Waals surface area contributed by atoms with Gasteiger partial charge in [0.2, 0.25) is 5.75 Å². The molecule has 0 amide bonds. The summed E-state index contributed by atoms with van der Waals surface area (Å²) in [6.45, 7) is 2.76. The van der Waals surface area contributed by atoms with Gasteiger partial charge in [-0.3, -0.25) is 4.79 Å². The van der Waals surface area contributed by atoms with Crippen LogP contribution < -0.4 is 18.9 Å². The number of rotatable bonds is 10. The highest BCUT2D eigenvalue weighted by atomic mass is 19.4. The summed E-state index contributed by atoms with van der Waals surface area (Å²) < 4.78 is 56.7. The molecule has 2 rings (SSSR count). The molecule has 32 heavy (non-hydrogen) atoms. The van der Waals surface area contributed by atoms with Gasteiger partial charge in [-0.1, -0.05) is 0 Å². The van der Waals surface area contributed by atoms with Crippen LogP contribution in [-0.4, -0.2) is 43.0 Å². The fraction of sp³-hybridized carbons (Fsp3) is 0.364. The topological polar surface area (TPSA) is 91.3 Å². The molecule has 0 unspecified atom stereocenters. The van der Waals surface area contributed by atoms with E-state index in [1.807, 2.05) is 0 Å². The zero-order valence-electron chi connectivity index (χ0n) is 17.9. The molecular weight excluding hydrogens is 433 g/mol. The molecule has 2 aromatic carbocycles. The standard InChI is InChI=1S/C22H23F3O7/c1-21(2,20(27)28)32-19-17(29-3)11-13(12-18(19)30-4)5-10-16(26)14-6-8-15(9-7-14)31-22(23,24)25/h6-9,11-12H,5,10H2,1-4H3,(H,27,28). The molecule has 7 nitrogen and oxygen atoms in total. The SMILES string of the molecule is COc1cc(CCC(=O)c2ccc(OC(F)(F)F)cc2)cc(OC)c1OC(C)(C)C(=O)O. The molecule has 0 aliphatic carbocycles. The third kappa shape index (κ3) is 6.53. The Balaban J connectivity index is 2.16. The van der Waals surface area contributed by atoms with Gasteiger partial charge in [0.1, 0.15) is 5.75 Å². The number of hydrogen-bond acceptors (Lipinski definition) is 6. The Hall–Kier alpha value is -3.43. The molecule has 0 aliphatic heterocycles. The van der Waals surface area contributed by atoms with Crippen LogP contribution in [0.1, 0.15) is 36.2 Å². The van der Waals surface area contributed by atoms with Crippen molar-refractivity contribution in [2.24, 2.45) is 0 Å². The van der Waals surface area contributed by atoms with E-state index in [1.54, 1.807) is 12.1 Å². The fourth-order valence-corrected chi connectivity index (χ4v) is 2.72. The molecule has 0 saturated carbocycles. The fourth-order valence-electron chi connectivity index (χ4n) is 2.72. The van der Waals surface area contributed by atoms with Gasteiger partial charge >= 0.3 is 12.3 Å². The molecule has 0 spiro atoms. The Morgan fingerprint density at radius 3 is 1.91 bits per heavy atom. The summed E-state index contributed by atoms with van der Waals surface area (Å²) in [6, 6.07) is 7.86. The number of alkyl halides is 3. The van der Waals surface area contributed by atoms with E-state index in [0.717, 1.165) is 12.1 Å². The Labute approximate surface area is 182 Å². The number of aryl methyl sites for hydroxylation is 1. The first-order valence-corrected chi connectivity index (χ1v) is 9.42. The number of benzene rings is 2. The van der Waals surface area contributed by atoms with Crippen LogP contribution in [0, 0.1) is 0 Å². The Bertz CT molecular complexity index is 941. The summed E-state index contributed by atoms with van der Waals surface area (Å²) in [6.07, 6.45) is -4.47. The van der Waals surface area contributed by atoms with E-state index >= 15 is 0 Å². The van der Waals surface area contributed by atoms with E-state index in [1.165, 1.54) is 40.2 Å². The number of Topliss-reactive ketones (excluding diaryl/α,β-unsaturated/α-hetero) is 1. The summed E-state index contributed by atoms with van der Waals surface area (Å²) in [5.41, 5.74) is -0.647. The molecule has 0 radical (unpaired) electrons. The van der Waals surface area contributed by atoms with Crippen LogP contribution in [0.5, 0.6) is 23.0 Å². The Kier molecular flexibility index (Phi) is 7.60. The lowest BCUT2D eigenvalue weighted by Crippen LogP contribution is -2.38. The predicted molar refractivity (Wildman–Crippen MR) is 108 cm³/mol. The zero-order valence-corrected chi connectivity index (χ0v) is 17.9. The number of ether oxygens (including phenoxy) is 4. The van der Waals surface area contributed by atoms with E-state index in [4.69, 9.17) is 14.2 Å². The van der Waals surface area contributed by atoms with E-state index < -0.39 is 23.7 Å². The summed E-state index contributed by atoms with van der Waals surface area (Å²) in [5.74, 6) is -1.30. The normalized spacial score (nSPS) is 11.6. The lowest BCUT2D eigenvalue weighted by molar-refractivity contribution is -0.274. The highest BCUT2D eigenvalue weighted by Gasteiger charge is 2.32. The lowest BCUT2D eigenvalue weighted by Gasteiger charge is -2.24. The number of methoxy groups -OCH3 is 2. The lowest BCUT2D eigenvalue weighted by atomic mass is 10.0.